The maximum Gasteiger partial charge on any atom is 0.346 e. The van der Waals surface area contributed by atoms with Crippen LogP contribution < -0.4 is 0 Å². The average Bonchev–Trinajstić information content (AvgIpc) is 2.26. The summed E-state index contributed by atoms with van der Waals surface area (Å²) in [4.78, 5) is 15.3. The third-order valence-corrected chi connectivity index (χ3v) is 1.86. The molecule has 0 aliphatic heterocycles. The van der Waals surface area contributed by atoms with Crippen LogP contribution in [-0.2, 0) is 14.4 Å². The maximum atomic E-state index is 10.6. The molecule has 0 aliphatic rings. The lowest BCUT2D eigenvalue weighted by Gasteiger charge is -1.97. The summed E-state index contributed by atoms with van der Waals surface area (Å²) in [6.45, 7) is -0.221. The summed E-state index contributed by atoms with van der Waals surface area (Å²) in [5, 5.41) is 4.10. The number of carbonyl (C=O) groups is 1. The van der Waals surface area contributed by atoms with Crippen molar-refractivity contribution in [3.05, 3.63) is 34.9 Å². The predicted octanol–water partition coefficient (Wildman–Crippen LogP) is 1.66. The molecule has 0 bridgehead atoms. The number of nitrogens with zero attached hydrogens (tertiary/aromatic N) is 1. The molecular weight excluding hydrogens is 218 g/mol. The number of esters is 1. The standard InChI is InChI=1S/C10H9ClNO3/c1-14-10(13)7-15-12-6-8-4-2-3-5-9(8)11/h3-6H,7H2,1H3. The summed E-state index contributed by atoms with van der Waals surface area (Å²) in [6, 6.07) is 7.87. The Kier molecular flexibility index (Phi) is 4.63. The number of benzene rings is 1. The van der Waals surface area contributed by atoms with Crippen LogP contribution in [0.4, 0.5) is 0 Å². The monoisotopic (exact) mass is 226 g/mol. The molecule has 0 spiro atoms. The van der Waals surface area contributed by atoms with Crippen LogP contribution in [0.1, 0.15) is 5.56 Å². The molecule has 0 saturated carbocycles. The van der Waals surface area contributed by atoms with Crippen LogP contribution in [0.2, 0.25) is 5.02 Å². The Balaban J connectivity index is 2.45. The van der Waals surface area contributed by atoms with E-state index in [1.165, 1.54) is 13.3 Å². The molecule has 15 heavy (non-hydrogen) atoms. The molecule has 0 amide bonds. The number of hydrogen-bond acceptors (Lipinski definition) is 4. The Morgan fingerprint density at radius 1 is 1.73 bits per heavy atom. The molecule has 0 aliphatic carbocycles. The first kappa shape index (κ1) is 11.5. The lowest BCUT2D eigenvalue weighted by atomic mass is 10.2. The van der Waals surface area contributed by atoms with Gasteiger partial charge in [0.2, 0.25) is 6.61 Å². The number of halogens is 1. The van der Waals surface area contributed by atoms with Gasteiger partial charge in [-0.3, -0.25) is 0 Å². The molecule has 5 heteroatoms. The second-order valence-electron chi connectivity index (χ2n) is 2.53. The van der Waals surface area contributed by atoms with Crippen LogP contribution in [0, 0.1) is 6.07 Å². The Bertz CT molecular complexity index is 365. The van der Waals surface area contributed by atoms with E-state index in [4.69, 9.17) is 11.6 Å². The summed E-state index contributed by atoms with van der Waals surface area (Å²) in [5.41, 5.74) is 0.670. The number of oxime groups is 1. The number of ether oxygens (including phenoxy) is 1. The second-order valence-corrected chi connectivity index (χ2v) is 2.94. The van der Waals surface area contributed by atoms with Crippen molar-refractivity contribution in [2.75, 3.05) is 13.7 Å². The van der Waals surface area contributed by atoms with E-state index < -0.39 is 5.97 Å². The van der Waals surface area contributed by atoms with Gasteiger partial charge in [0.25, 0.3) is 0 Å². The first-order chi connectivity index (χ1) is 7.24. The Hall–Kier alpha value is -1.55. The minimum Gasteiger partial charge on any atom is -0.466 e. The molecule has 1 radical (unpaired) electrons. The van der Waals surface area contributed by atoms with Crippen molar-refractivity contribution in [1.82, 2.24) is 0 Å². The van der Waals surface area contributed by atoms with Gasteiger partial charge in [-0.1, -0.05) is 22.8 Å². The van der Waals surface area contributed by atoms with Crippen LogP contribution in [0.25, 0.3) is 0 Å². The fraction of sp³-hybridized carbons (Fsp3) is 0.200. The van der Waals surface area contributed by atoms with Gasteiger partial charge in [-0.05, 0) is 18.2 Å². The van der Waals surface area contributed by atoms with Gasteiger partial charge < -0.3 is 9.57 Å². The number of carbonyl (C=O) groups excluding carboxylic acids is 1. The van der Waals surface area contributed by atoms with Crippen molar-refractivity contribution in [2.24, 2.45) is 5.16 Å². The van der Waals surface area contributed by atoms with E-state index in [-0.39, 0.29) is 6.61 Å². The number of hydrogen-bond donors (Lipinski definition) is 0. The lowest BCUT2D eigenvalue weighted by molar-refractivity contribution is -0.145. The molecule has 0 fully saturated rings. The topological polar surface area (TPSA) is 47.9 Å². The third-order valence-electron chi connectivity index (χ3n) is 1.52. The summed E-state index contributed by atoms with van der Waals surface area (Å²) in [5.74, 6) is -0.488. The van der Waals surface area contributed by atoms with Crippen LogP contribution in [0.5, 0.6) is 0 Å². The van der Waals surface area contributed by atoms with E-state index in [1.807, 2.05) is 0 Å². The van der Waals surface area contributed by atoms with Crippen molar-refractivity contribution < 1.29 is 14.4 Å². The fourth-order valence-electron chi connectivity index (χ4n) is 0.766. The van der Waals surface area contributed by atoms with Gasteiger partial charge in [-0.25, -0.2) is 4.79 Å². The SMILES string of the molecule is COC(=O)CON=Cc1c[c]ccc1Cl. The van der Waals surface area contributed by atoms with E-state index >= 15 is 0 Å². The van der Waals surface area contributed by atoms with Crippen LogP contribution in [0.3, 0.4) is 0 Å². The highest BCUT2D eigenvalue weighted by atomic mass is 35.5. The number of rotatable bonds is 4. The Morgan fingerprint density at radius 2 is 2.53 bits per heavy atom. The van der Waals surface area contributed by atoms with Gasteiger partial charge in [-0.15, -0.1) is 0 Å². The van der Waals surface area contributed by atoms with Crippen LogP contribution >= 0.6 is 11.6 Å². The fourth-order valence-corrected chi connectivity index (χ4v) is 0.933. The van der Waals surface area contributed by atoms with Crippen LogP contribution in [0.15, 0.2) is 23.4 Å². The molecule has 0 atom stereocenters. The van der Waals surface area contributed by atoms with Crippen molar-refractivity contribution in [2.45, 2.75) is 0 Å². The predicted molar refractivity (Wildman–Crippen MR) is 55.9 cm³/mol. The van der Waals surface area contributed by atoms with E-state index in [2.05, 4.69) is 20.8 Å². The van der Waals surface area contributed by atoms with Crippen molar-refractivity contribution in [3.63, 3.8) is 0 Å². The highest BCUT2D eigenvalue weighted by Crippen LogP contribution is 2.11. The molecule has 0 heterocycles. The van der Waals surface area contributed by atoms with Crippen molar-refractivity contribution in [3.8, 4) is 0 Å². The molecule has 0 aromatic heterocycles. The summed E-state index contributed by atoms with van der Waals surface area (Å²) < 4.78 is 4.36. The third kappa shape index (κ3) is 3.99. The highest BCUT2D eigenvalue weighted by molar-refractivity contribution is 6.33. The largest absolute Gasteiger partial charge is 0.466 e. The Morgan fingerprint density at radius 3 is 3.20 bits per heavy atom. The van der Waals surface area contributed by atoms with Gasteiger partial charge in [0, 0.05) is 10.6 Å². The minimum absolute atomic E-state index is 0.221. The van der Waals surface area contributed by atoms with Crippen molar-refractivity contribution in [1.29, 1.82) is 0 Å². The molecule has 1 aromatic carbocycles. The van der Waals surface area contributed by atoms with Gasteiger partial charge in [-0.2, -0.15) is 0 Å². The summed E-state index contributed by atoms with van der Waals surface area (Å²) in [6.07, 6.45) is 1.40. The lowest BCUT2D eigenvalue weighted by Crippen LogP contribution is -2.07. The van der Waals surface area contributed by atoms with Gasteiger partial charge in [0.1, 0.15) is 0 Å². The zero-order valence-electron chi connectivity index (χ0n) is 8.07. The first-order valence-corrected chi connectivity index (χ1v) is 4.49. The van der Waals surface area contributed by atoms with E-state index in [0.717, 1.165) is 0 Å². The molecule has 1 rings (SSSR count). The maximum absolute atomic E-state index is 10.6. The van der Waals surface area contributed by atoms with E-state index in [1.54, 1.807) is 18.2 Å². The Labute approximate surface area is 92.4 Å². The quantitative estimate of drug-likeness (QED) is 0.446. The minimum atomic E-state index is -0.488. The molecule has 79 valence electrons. The molecule has 0 saturated heterocycles. The number of methoxy groups -OCH3 is 1. The normalized spacial score (nSPS) is 10.3. The molecule has 0 N–H and O–H groups in total. The highest BCUT2D eigenvalue weighted by Gasteiger charge is 1.98. The summed E-state index contributed by atoms with van der Waals surface area (Å²) >= 11 is 5.83. The molecule has 1 aromatic rings. The van der Waals surface area contributed by atoms with Gasteiger partial charge in [0.15, 0.2) is 0 Å². The van der Waals surface area contributed by atoms with Gasteiger partial charge >= 0.3 is 5.97 Å². The smallest absolute Gasteiger partial charge is 0.346 e. The second kappa shape index (κ2) is 6.03. The zero-order valence-corrected chi connectivity index (χ0v) is 8.82. The van der Waals surface area contributed by atoms with Crippen molar-refractivity contribution >= 4 is 23.8 Å². The molecule has 4 nitrogen and oxygen atoms in total. The molecule has 0 unspecified atom stereocenters. The zero-order chi connectivity index (χ0) is 11.1. The average molecular weight is 227 g/mol. The van der Waals surface area contributed by atoms with Crippen LogP contribution in [-0.4, -0.2) is 25.9 Å². The van der Waals surface area contributed by atoms with E-state index in [9.17, 15) is 4.79 Å². The first-order valence-electron chi connectivity index (χ1n) is 4.12. The van der Waals surface area contributed by atoms with E-state index in [0.29, 0.717) is 10.6 Å². The van der Waals surface area contributed by atoms with Gasteiger partial charge in [0.05, 0.1) is 13.3 Å². The molecular formula is C10H9ClNO3. The summed E-state index contributed by atoms with van der Waals surface area (Å²) in [7, 11) is 1.28.